The predicted octanol–water partition coefficient (Wildman–Crippen LogP) is 2.61. The highest BCUT2D eigenvalue weighted by Crippen LogP contribution is 2.30. The van der Waals surface area contributed by atoms with Gasteiger partial charge in [-0.1, -0.05) is 29.8 Å². The Balaban J connectivity index is 1.31. The maximum Gasteiger partial charge on any atom is 0.243 e. The van der Waals surface area contributed by atoms with Crippen LogP contribution < -0.4 is 9.64 Å². The summed E-state index contributed by atoms with van der Waals surface area (Å²) in [5.74, 6) is 0.476. The third kappa shape index (κ3) is 4.27. The van der Waals surface area contributed by atoms with Crippen molar-refractivity contribution >= 4 is 26.5 Å². The van der Waals surface area contributed by atoms with Gasteiger partial charge in [0.2, 0.25) is 10.0 Å². The third-order valence-electron chi connectivity index (χ3n) is 5.73. The maximum atomic E-state index is 13.4. The fourth-order valence-corrected chi connectivity index (χ4v) is 6.15. The second-order valence-corrected chi connectivity index (χ2v) is 10.6. The number of aryl methyl sites for hydroxylation is 1. The van der Waals surface area contributed by atoms with Crippen LogP contribution in [0.15, 0.2) is 59.1 Å². The molecular formula is C22H23N7O3S2. The fourth-order valence-electron chi connectivity index (χ4n) is 3.82. The van der Waals surface area contributed by atoms with E-state index in [1.165, 1.54) is 34.1 Å². The van der Waals surface area contributed by atoms with Crippen molar-refractivity contribution in [3.63, 3.8) is 0 Å². The minimum absolute atomic E-state index is 0.170. The molecule has 0 unspecified atom stereocenters. The summed E-state index contributed by atoms with van der Waals surface area (Å²) in [5, 5.41) is 14.0. The summed E-state index contributed by atoms with van der Waals surface area (Å²) < 4.78 is 35.0. The Morgan fingerprint density at radius 1 is 1.03 bits per heavy atom. The molecule has 3 heterocycles. The largest absolute Gasteiger partial charge is 0.494 e. The van der Waals surface area contributed by atoms with E-state index in [1.54, 1.807) is 23.5 Å². The van der Waals surface area contributed by atoms with Gasteiger partial charge >= 0.3 is 0 Å². The number of thiazole rings is 1. The number of rotatable bonds is 6. The van der Waals surface area contributed by atoms with Gasteiger partial charge in [0.1, 0.15) is 17.8 Å². The summed E-state index contributed by atoms with van der Waals surface area (Å²) in [4.78, 5) is 7.08. The zero-order valence-electron chi connectivity index (χ0n) is 18.7. The van der Waals surface area contributed by atoms with Crippen LogP contribution in [-0.2, 0) is 10.0 Å². The maximum absolute atomic E-state index is 13.4. The topological polar surface area (TPSA) is 106 Å². The van der Waals surface area contributed by atoms with E-state index in [2.05, 4.69) is 51.6 Å². The molecule has 2 aromatic heterocycles. The number of methoxy groups -OCH3 is 1. The van der Waals surface area contributed by atoms with E-state index in [0.717, 1.165) is 16.4 Å². The van der Waals surface area contributed by atoms with Crippen LogP contribution in [0.25, 0.3) is 16.9 Å². The first-order valence-corrected chi connectivity index (χ1v) is 13.0. The molecule has 34 heavy (non-hydrogen) atoms. The highest BCUT2D eigenvalue weighted by atomic mass is 32.2. The van der Waals surface area contributed by atoms with E-state index < -0.39 is 10.0 Å². The highest BCUT2D eigenvalue weighted by Gasteiger charge is 2.30. The molecule has 0 radical (unpaired) electrons. The number of hydrogen-bond acceptors (Lipinski definition) is 9. The molecule has 12 heteroatoms. The molecule has 5 rings (SSSR count). The van der Waals surface area contributed by atoms with Crippen molar-refractivity contribution in [2.45, 2.75) is 11.8 Å². The standard InChI is InChI=1S/C22H23N7O3S2/c1-16-3-5-17(6-4-16)19-14-33-22(24-19)27-9-11-28(12-10-27)34(30,31)18-7-8-21(32-2)20(13-18)29-15-23-25-26-29/h3-8,13-15H,9-12H2,1-2H3. The molecule has 0 bridgehead atoms. The number of benzene rings is 2. The lowest BCUT2D eigenvalue weighted by molar-refractivity contribution is 0.384. The van der Waals surface area contributed by atoms with Crippen molar-refractivity contribution in [2.75, 3.05) is 38.2 Å². The SMILES string of the molecule is COc1ccc(S(=O)(=O)N2CCN(c3nc(-c4ccc(C)cc4)cs3)CC2)cc1-n1cnnn1. The minimum Gasteiger partial charge on any atom is -0.494 e. The number of anilines is 1. The van der Waals surface area contributed by atoms with E-state index in [-0.39, 0.29) is 4.90 Å². The second-order valence-electron chi connectivity index (χ2n) is 7.86. The Bertz CT molecular complexity index is 1380. The van der Waals surface area contributed by atoms with Gasteiger partial charge in [0, 0.05) is 37.1 Å². The summed E-state index contributed by atoms with van der Waals surface area (Å²) >= 11 is 1.58. The quantitative estimate of drug-likeness (QED) is 0.400. The van der Waals surface area contributed by atoms with Crippen molar-refractivity contribution in [1.29, 1.82) is 0 Å². The molecule has 1 fully saturated rings. The van der Waals surface area contributed by atoms with Gasteiger partial charge in [-0.25, -0.2) is 13.4 Å². The minimum atomic E-state index is -3.70. The lowest BCUT2D eigenvalue weighted by Crippen LogP contribution is -2.48. The van der Waals surface area contributed by atoms with Gasteiger partial charge in [-0.15, -0.1) is 16.4 Å². The molecule has 176 valence electrons. The Hall–Kier alpha value is -3.35. The van der Waals surface area contributed by atoms with Gasteiger partial charge in [0.15, 0.2) is 5.13 Å². The Kier molecular flexibility index (Phi) is 6.02. The van der Waals surface area contributed by atoms with Crippen LogP contribution in [0.4, 0.5) is 5.13 Å². The molecule has 10 nitrogen and oxygen atoms in total. The summed E-state index contributed by atoms with van der Waals surface area (Å²) in [6.45, 7) is 3.93. The van der Waals surface area contributed by atoms with Crippen molar-refractivity contribution in [3.8, 4) is 22.7 Å². The number of sulfonamides is 1. The Morgan fingerprint density at radius 2 is 1.79 bits per heavy atom. The molecule has 0 N–H and O–H groups in total. The van der Waals surface area contributed by atoms with Crippen molar-refractivity contribution < 1.29 is 13.2 Å². The van der Waals surface area contributed by atoms with Crippen LogP contribution in [-0.4, -0.2) is 71.2 Å². The predicted molar refractivity (Wildman–Crippen MR) is 129 cm³/mol. The van der Waals surface area contributed by atoms with Crippen molar-refractivity contribution in [3.05, 3.63) is 59.7 Å². The molecule has 0 aliphatic carbocycles. The molecule has 2 aromatic carbocycles. The van der Waals surface area contributed by atoms with E-state index in [1.807, 2.05) is 5.38 Å². The van der Waals surface area contributed by atoms with Gasteiger partial charge in [-0.2, -0.15) is 8.99 Å². The first kappa shape index (κ1) is 22.4. The number of tetrazole rings is 1. The van der Waals surface area contributed by atoms with Crippen LogP contribution in [0.3, 0.4) is 0 Å². The third-order valence-corrected chi connectivity index (χ3v) is 8.53. The monoisotopic (exact) mass is 497 g/mol. The molecule has 0 atom stereocenters. The normalized spacial score (nSPS) is 14.9. The van der Waals surface area contributed by atoms with E-state index >= 15 is 0 Å². The summed E-state index contributed by atoms with van der Waals surface area (Å²) in [7, 11) is -2.18. The summed E-state index contributed by atoms with van der Waals surface area (Å²) in [6, 6.07) is 13.0. The molecule has 1 saturated heterocycles. The number of ether oxygens (including phenoxy) is 1. The van der Waals surface area contributed by atoms with Gasteiger partial charge in [-0.3, -0.25) is 0 Å². The lowest BCUT2D eigenvalue weighted by Gasteiger charge is -2.33. The first-order valence-electron chi connectivity index (χ1n) is 10.6. The van der Waals surface area contributed by atoms with Crippen LogP contribution in [0.2, 0.25) is 0 Å². The number of piperazine rings is 1. The van der Waals surface area contributed by atoms with Crippen molar-refractivity contribution in [2.24, 2.45) is 0 Å². The molecule has 1 aliphatic rings. The summed E-state index contributed by atoms with van der Waals surface area (Å²) in [6.07, 6.45) is 1.39. The van der Waals surface area contributed by atoms with Gasteiger partial charge in [0.25, 0.3) is 0 Å². The highest BCUT2D eigenvalue weighted by molar-refractivity contribution is 7.89. The average molecular weight is 498 g/mol. The molecule has 0 spiro atoms. The zero-order chi connectivity index (χ0) is 23.7. The van der Waals surface area contributed by atoms with Gasteiger partial charge in [0.05, 0.1) is 17.7 Å². The van der Waals surface area contributed by atoms with Gasteiger partial charge < -0.3 is 9.64 Å². The van der Waals surface area contributed by atoms with Crippen LogP contribution in [0.1, 0.15) is 5.56 Å². The lowest BCUT2D eigenvalue weighted by atomic mass is 10.1. The van der Waals surface area contributed by atoms with E-state index in [4.69, 9.17) is 9.72 Å². The Labute approximate surface area is 201 Å². The summed E-state index contributed by atoms with van der Waals surface area (Å²) in [5.41, 5.74) is 3.67. The fraction of sp³-hybridized carbons (Fsp3) is 0.273. The molecular weight excluding hydrogens is 474 g/mol. The van der Waals surface area contributed by atoms with E-state index in [0.29, 0.717) is 37.6 Å². The van der Waals surface area contributed by atoms with E-state index in [9.17, 15) is 8.42 Å². The molecule has 4 aromatic rings. The molecule has 0 saturated carbocycles. The number of hydrogen-bond donors (Lipinski definition) is 0. The number of nitrogens with zero attached hydrogens (tertiary/aromatic N) is 7. The van der Waals surface area contributed by atoms with Crippen LogP contribution in [0, 0.1) is 6.92 Å². The second kappa shape index (κ2) is 9.12. The van der Waals surface area contributed by atoms with Crippen LogP contribution in [0.5, 0.6) is 5.75 Å². The van der Waals surface area contributed by atoms with Gasteiger partial charge in [-0.05, 0) is 35.5 Å². The zero-order valence-corrected chi connectivity index (χ0v) is 20.3. The smallest absolute Gasteiger partial charge is 0.243 e. The molecule has 0 amide bonds. The number of aromatic nitrogens is 5. The molecule has 1 aliphatic heterocycles. The van der Waals surface area contributed by atoms with Crippen molar-refractivity contribution in [1.82, 2.24) is 29.5 Å². The first-order chi connectivity index (χ1) is 16.5. The Morgan fingerprint density at radius 3 is 2.47 bits per heavy atom. The van der Waals surface area contributed by atoms with Crippen LogP contribution >= 0.6 is 11.3 Å². The average Bonchev–Trinajstić information content (AvgIpc) is 3.57.